The summed E-state index contributed by atoms with van der Waals surface area (Å²) in [7, 11) is 0. The maximum absolute atomic E-state index is 12.1. The Kier molecular flexibility index (Phi) is 6.44. The van der Waals surface area contributed by atoms with E-state index in [0.717, 1.165) is 12.8 Å². The van der Waals surface area contributed by atoms with Gasteiger partial charge in [0.15, 0.2) is 0 Å². The van der Waals surface area contributed by atoms with E-state index in [-0.39, 0.29) is 0 Å². The van der Waals surface area contributed by atoms with Gasteiger partial charge in [-0.15, -0.1) is 0 Å². The molecule has 1 aliphatic carbocycles. The minimum Gasteiger partial charge on any atom is -0.216 e. The van der Waals surface area contributed by atoms with Gasteiger partial charge in [0.25, 0.3) is 0 Å². The van der Waals surface area contributed by atoms with E-state index in [1.807, 2.05) is 0 Å². The summed E-state index contributed by atoms with van der Waals surface area (Å²) in [6, 6.07) is 18.1. The van der Waals surface area contributed by atoms with Crippen LogP contribution in [0.1, 0.15) is 62.5 Å². The van der Waals surface area contributed by atoms with Gasteiger partial charge < -0.3 is 0 Å². The van der Waals surface area contributed by atoms with Crippen LogP contribution in [0.25, 0.3) is 11.1 Å². The average molecular weight is 336 g/mol. The maximum atomic E-state index is 12.1. The lowest BCUT2D eigenvalue weighted by Crippen LogP contribution is -2.12. The highest BCUT2D eigenvalue weighted by molar-refractivity contribution is 5.64. The van der Waals surface area contributed by atoms with E-state index in [1.54, 1.807) is 6.08 Å². The molecule has 1 fully saturated rings. The molecule has 0 amide bonds. The fourth-order valence-corrected chi connectivity index (χ4v) is 4.08. The fourth-order valence-electron chi connectivity index (χ4n) is 4.08. The fraction of sp³-hybridized carbons (Fsp3) is 0.417. The van der Waals surface area contributed by atoms with Crippen molar-refractivity contribution in [3.8, 4) is 11.1 Å². The number of aryl methyl sites for hydroxylation is 1. The third-order valence-corrected chi connectivity index (χ3v) is 5.61. The molecule has 132 valence electrons. The highest BCUT2D eigenvalue weighted by Crippen LogP contribution is 2.37. The van der Waals surface area contributed by atoms with Crippen LogP contribution < -0.4 is 0 Å². The van der Waals surface area contributed by atoms with Gasteiger partial charge in [-0.2, -0.15) is 0 Å². The number of hydrogen-bond acceptors (Lipinski definition) is 0. The van der Waals surface area contributed by atoms with E-state index in [0.29, 0.717) is 18.2 Å². The summed E-state index contributed by atoms with van der Waals surface area (Å²) >= 11 is 0. The van der Waals surface area contributed by atoms with E-state index in [2.05, 4.69) is 55.5 Å². The number of benzene rings is 2. The molecular formula is C24H29F. The second-order valence-electron chi connectivity index (χ2n) is 7.38. The van der Waals surface area contributed by atoms with Crippen molar-refractivity contribution >= 4 is 0 Å². The second-order valence-corrected chi connectivity index (χ2v) is 7.38. The predicted octanol–water partition coefficient (Wildman–Crippen LogP) is 7.45. The molecule has 0 unspecified atom stereocenters. The summed E-state index contributed by atoms with van der Waals surface area (Å²) < 4.78 is 12.1. The molecule has 0 saturated heterocycles. The minimum absolute atomic E-state index is 0.671. The van der Waals surface area contributed by atoms with Crippen molar-refractivity contribution in [1.82, 2.24) is 0 Å². The van der Waals surface area contributed by atoms with E-state index in [1.165, 1.54) is 54.4 Å². The average Bonchev–Trinajstić information content (AvgIpc) is 2.68. The summed E-state index contributed by atoms with van der Waals surface area (Å²) in [5.74, 6) is 1.34. The standard InChI is InChI=1S/C24H29F/c1-2-4-19-6-10-21(11-7-19)23-14-16-24(17-15-23)22-12-8-20(9-13-22)5-3-18-25/h3,6-7,10-11,14-18,20,22H,2,4-5,8-9,12-13H2,1H3/b18-3+/t20-,22-. The molecule has 0 heterocycles. The number of hydrogen-bond donors (Lipinski definition) is 0. The molecule has 0 bridgehead atoms. The number of rotatable bonds is 6. The molecular weight excluding hydrogens is 307 g/mol. The van der Waals surface area contributed by atoms with Gasteiger partial charge in [-0.05, 0) is 72.6 Å². The SMILES string of the molecule is CCCc1ccc(-c2ccc([C@H]3CC[C@H](C/C=C/F)CC3)cc2)cc1. The van der Waals surface area contributed by atoms with Crippen molar-refractivity contribution < 1.29 is 4.39 Å². The Morgan fingerprint density at radius 3 is 2.04 bits per heavy atom. The van der Waals surface area contributed by atoms with Gasteiger partial charge in [-0.3, -0.25) is 0 Å². The summed E-state index contributed by atoms with van der Waals surface area (Å²) in [4.78, 5) is 0. The molecule has 0 nitrogen and oxygen atoms in total. The summed E-state index contributed by atoms with van der Waals surface area (Å²) in [5, 5.41) is 0. The lowest BCUT2D eigenvalue weighted by molar-refractivity contribution is 0.327. The molecule has 2 aromatic rings. The predicted molar refractivity (Wildman–Crippen MR) is 105 cm³/mol. The van der Waals surface area contributed by atoms with Gasteiger partial charge in [0.1, 0.15) is 0 Å². The zero-order chi connectivity index (χ0) is 17.5. The van der Waals surface area contributed by atoms with Crippen LogP contribution in [-0.2, 0) is 6.42 Å². The van der Waals surface area contributed by atoms with Crippen LogP contribution in [0.3, 0.4) is 0 Å². The molecule has 0 N–H and O–H groups in total. The summed E-state index contributed by atoms with van der Waals surface area (Å²) in [6.45, 7) is 2.22. The maximum Gasteiger partial charge on any atom is 0.0827 e. The first-order chi connectivity index (χ1) is 12.3. The van der Waals surface area contributed by atoms with Gasteiger partial charge in [0.2, 0.25) is 0 Å². The number of halogens is 1. The molecule has 25 heavy (non-hydrogen) atoms. The topological polar surface area (TPSA) is 0 Å². The Labute approximate surface area is 151 Å². The molecule has 3 rings (SSSR count). The molecule has 0 radical (unpaired) electrons. The Balaban J connectivity index is 1.61. The normalized spacial score (nSPS) is 20.9. The van der Waals surface area contributed by atoms with Crippen LogP contribution in [0.2, 0.25) is 0 Å². The largest absolute Gasteiger partial charge is 0.216 e. The third kappa shape index (κ3) is 4.81. The molecule has 1 aliphatic rings. The van der Waals surface area contributed by atoms with Gasteiger partial charge in [0.05, 0.1) is 6.33 Å². The van der Waals surface area contributed by atoms with Gasteiger partial charge >= 0.3 is 0 Å². The quantitative estimate of drug-likeness (QED) is 0.514. The van der Waals surface area contributed by atoms with E-state index >= 15 is 0 Å². The first-order valence-corrected chi connectivity index (χ1v) is 9.74. The van der Waals surface area contributed by atoms with Crippen LogP contribution >= 0.6 is 0 Å². The molecule has 0 atom stereocenters. The highest BCUT2D eigenvalue weighted by Gasteiger charge is 2.21. The first kappa shape index (κ1) is 17.9. The van der Waals surface area contributed by atoms with Gasteiger partial charge in [0, 0.05) is 0 Å². The van der Waals surface area contributed by atoms with Crippen LogP contribution in [0.5, 0.6) is 0 Å². The first-order valence-electron chi connectivity index (χ1n) is 9.74. The zero-order valence-corrected chi connectivity index (χ0v) is 15.3. The van der Waals surface area contributed by atoms with Crippen molar-refractivity contribution in [3.63, 3.8) is 0 Å². The van der Waals surface area contributed by atoms with Crippen molar-refractivity contribution in [2.45, 2.75) is 57.8 Å². The molecule has 1 heteroatoms. The van der Waals surface area contributed by atoms with Crippen molar-refractivity contribution in [1.29, 1.82) is 0 Å². The second kappa shape index (κ2) is 8.99. The van der Waals surface area contributed by atoms with E-state index in [4.69, 9.17) is 0 Å². The van der Waals surface area contributed by atoms with E-state index < -0.39 is 0 Å². The summed E-state index contributed by atoms with van der Waals surface area (Å²) in [6.07, 6.45) is 10.5. The van der Waals surface area contributed by atoms with Gasteiger partial charge in [-0.25, -0.2) is 4.39 Å². The molecule has 2 aromatic carbocycles. The van der Waals surface area contributed by atoms with Crippen molar-refractivity contribution in [2.24, 2.45) is 5.92 Å². The van der Waals surface area contributed by atoms with Crippen molar-refractivity contribution in [2.75, 3.05) is 0 Å². The smallest absolute Gasteiger partial charge is 0.0827 e. The zero-order valence-electron chi connectivity index (χ0n) is 15.3. The molecule has 1 saturated carbocycles. The Morgan fingerprint density at radius 1 is 0.880 bits per heavy atom. The Bertz CT molecular complexity index is 658. The third-order valence-electron chi connectivity index (χ3n) is 5.61. The summed E-state index contributed by atoms with van der Waals surface area (Å²) in [5.41, 5.74) is 5.48. The molecule has 0 aromatic heterocycles. The van der Waals surface area contributed by atoms with Crippen LogP contribution in [0.15, 0.2) is 60.9 Å². The minimum atomic E-state index is 0.671. The van der Waals surface area contributed by atoms with Crippen LogP contribution in [0, 0.1) is 5.92 Å². The number of allylic oxidation sites excluding steroid dienone is 1. The lowest BCUT2D eigenvalue weighted by Gasteiger charge is -2.28. The highest BCUT2D eigenvalue weighted by atomic mass is 19.1. The lowest BCUT2D eigenvalue weighted by atomic mass is 9.77. The Morgan fingerprint density at radius 2 is 1.48 bits per heavy atom. The van der Waals surface area contributed by atoms with Gasteiger partial charge in [-0.1, -0.05) is 68.0 Å². The van der Waals surface area contributed by atoms with Crippen LogP contribution in [-0.4, -0.2) is 0 Å². The molecule has 0 aliphatic heterocycles. The van der Waals surface area contributed by atoms with Crippen LogP contribution in [0.4, 0.5) is 4.39 Å². The Hall–Kier alpha value is -1.89. The van der Waals surface area contributed by atoms with E-state index in [9.17, 15) is 4.39 Å². The monoisotopic (exact) mass is 336 g/mol. The molecule has 0 spiro atoms. The van der Waals surface area contributed by atoms with Crippen molar-refractivity contribution in [3.05, 3.63) is 72.1 Å².